The van der Waals surface area contributed by atoms with Crippen molar-refractivity contribution in [1.82, 2.24) is 0 Å². The maximum absolute atomic E-state index is 12.1. The molecule has 0 radical (unpaired) electrons. The number of nitrogens with one attached hydrogen (secondary N) is 1. The zero-order valence-electron chi connectivity index (χ0n) is 13.6. The fourth-order valence-corrected chi connectivity index (χ4v) is 3.96. The van der Waals surface area contributed by atoms with Crippen LogP contribution in [0.3, 0.4) is 0 Å². The van der Waals surface area contributed by atoms with Gasteiger partial charge in [-0.25, -0.2) is 8.42 Å². The van der Waals surface area contributed by atoms with Crippen LogP contribution in [-0.2, 0) is 10.0 Å². The topological polar surface area (TPSA) is 46.2 Å². The Balaban J connectivity index is 1.90. The molecule has 0 spiro atoms. The number of rotatable bonds is 5. The lowest BCUT2D eigenvalue weighted by molar-refractivity contribution is 0.593. The summed E-state index contributed by atoms with van der Waals surface area (Å²) >= 11 is 1.53. The van der Waals surface area contributed by atoms with Gasteiger partial charge in [-0.05, 0) is 42.0 Å². The van der Waals surface area contributed by atoms with Crippen LogP contribution in [-0.4, -0.2) is 13.7 Å². The molecule has 124 valence electrons. The van der Waals surface area contributed by atoms with Crippen molar-refractivity contribution < 1.29 is 8.42 Å². The van der Waals surface area contributed by atoms with Crippen molar-refractivity contribution >= 4 is 27.0 Å². The molecule has 0 aliphatic rings. The lowest BCUT2D eigenvalue weighted by Crippen LogP contribution is -2.22. The molecule has 0 saturated heterocycles. The standard InChI is InChI=1S/C19H19NO2S2/c1-14(2)24(21,22)20-18-12-13-23-19(18)17-10-8-16(9-11-17)15-6-4-3-5-7-15/h3-14,20H,1-2H3. The molecule has 0 aliphatic carbocycles. The number of sulfonamides is 1. The van der Waals surface area contributed by atoms with Gasteiger partial charge >= 0.3 is 0 Å². The molecule has 0 bridgehead atoms. The third kappa shape index (κ3) is 3.52. The lowest BCUT2D eigenvalue weighted by Gasteiger charge is -2.11. The fourth-order valence-electron chi connectivity index (χ4n) is 2.33. The van der Waals surface area contributed by atoms with Crippen molar-refractivity contribution in [3.05, 3.63) is 66.0 Å². The molecule has 5 heteroatoms. The predicted octanol–water partition coefficient (Wildman–Crippen LogP) is 5.23. The molecule has 3 nitrogen and oxygen atoms in total. The molecule has 1 N–H and O–H groups in total. The summed E-state index contributed by atoms with van der Waals surface area (Å²) in [6.45, 7) is 3.34. The first-order chi connectivity index (χ1) is 11.5. The van der Waals surface area contributed by atoms with E-state index < -0.39 is 15.3 Å². The van der Waals surface area contributed by atoms with Gasteiger partial charge in [-0.1, -0.05) is 54.6 Å². The normalized spacial score (nSPS) is 11.6. The van der Waals surface area contributed by atoms with E-state index in [1.54, 1.807) is 13.8 Å². The van der Waals surface area contributed by atoms with Crippen LogP contribution in [0.25, 0.3) is 21.6 Å². The van der Waals surface area contributed by atoms with Gasteiger partial charge in [0.05, 0.1) is 15.8 Å². The molecule has 0 aliphatic heterocycles. The molecule has 0 unspecified atom stereocenters. The van der Waals surface area contributed by atoms with Gasteiger partial charge in [0.1, 0.15) is 0 Å². The SMILES string of the molecule is CC(C)S(=O)(=O)Nc1ccsc1-c1ccc(-c2ccccc2)cc1. The van der Waals surface area contributed by atoms with Crippen LogP contribution in [0, 0.1) is 0 Å². The maximum atomic E-state index is 12.1. The maximum Gasteiger partial charge on any atom is 0.235 e. The summed E-state index contributed by atoms with van der Waals surface area (Å²) < 4.78 is 26.9. The highest BCUT2D eigenvalue weighted by molar-refractivity contribution is 7.93. The van der Waals surface area contributed by atoms with Crippen LogP contribution in [0.2, 0.25) is 0 Å². The summed E-state index contributed by atoms with van der Waals surface area (Å²) in [5.41, 5.74) is 3.95. The van der Waals surface area contributed by atoms with E-state index in [1.165, 1.54) is 11.3 Å². The second-order valence-electron chi connectivity index (χ2n) is 5.80. The summed E-state index contributed by atoms with van der Waals surface area (Å²) in [6, 6.07) is 20.2. The van der Waals surface area contributed by atoms with Crippen LogP contribution in [0.15, 0.2) is 66.0 Å². The number of hydrogen-bond donors (Lipinski definition) is 1. The Morgan fingerprint density at radius 2 is 1.42 bits per heavy atom. The van der Waals surface area contributed by atoms with E-state index in [1.807, 2.05) is 41.8 Å². The minimum atomic E-state index is -3.35. The fraction of sp³-hybridized carbons (Fsp3) is 0.158. The molecule has 24 heavy (non-hydrogen) atoms. The number of benzene rings is 2. The van der Waals surface area contributed by atoms with Gasteiger partial charge in [0.2, 0.25) is 10.0 Å². The second-order valence-corrected chi connectivity index (χ2v) is 8.96. The molecule has 2 aromatic carbocycles. The van der Waals surface area contributed by atoms with E-state index in [0.29, 0.717) is 5.69 Å². The summed E-state index contributed by atoms with van der Waals surface area (Å²) in [4.78, 5) is 0.929. The van der Waals surface area contributed by atoms with Gasteiger partial charge in [-0.15, -0.1) is 11.3 Å². The molecule has 0 atom stereocenters. The predicted molar refractivity (Wildman–Crippen MR) is 103 cm³/mol. The number of hydrogen-bond acceptors (Lipinski definition) is 3. The average Bonchev–Trinajstić information content (AvgIpc) is 3.03. The molecule has 3 rings (SSSR count). The molecule has 3 aromatic rings. The second kappa shape index (κ2) is 6.79. The smallest absolute Gasteiger partial charge is 0.235 e. The number of thiophene rings is 1. The highest BCUT2D eigenvalue weighted by Gasteiger charge is 2.18. The summed E-state index contributed by atoms with van der Waals surface area (Å²) in [5.74, 6) is 0. The van der Waals surface area contributed by atoms with Gasteiger partial charge in [-0.3, -0.25) is 4.72 Å². The van der Waals surface area contributed by atoms with Crippen molar-refractivity contribution in [1.29, 1.82) is 0 Å². The van der Waals surface area contributed by atoms with Crippen molar-refractivity contribution in [2.45, 2.75) is 19.1 Å². The summed E-state index contributed by atoms with van der Waals surface area (Å²) in [5, 5.41) is 1.43. The largest absolute Gasteiger partial charge is 0.282 e. The third-order valence-corrected chi connectivity index (χ3v) is 6.50. The van der Waals surface area contributed by atoms with Crippen molar-refractivity contribution in [3.8, 4) is 21.6 Å². The first-order valence-corrected chi connectivity index (χ1v) is 10.1. The first kappa shape index (κ1) is 16.7. The molecule has 0 amide bonds. The Morgan fingerprint density at radius 1 is 0.833 bits per heavy atom. The van der Waals surface area contributed by atoms with Crippen LogP contribution in [0.1, 0.15) is 13.8 Å². The molecular formula is C19H19NO2S2. The van der Waals surface area contributed by atoms with Crippen molar-refractivity contribution in [2.75, 3.05) is 4.72 Å². The van der Waals surface area contributed by atoms with E-state index in [-0.39, 0.29) is 0 Å². The number of anilines is 1. The molecule has 0 saturated carbocycles. The molecule has 0 fully saturated rings. The van der Waals surface area contributed by atoms with Crippen LogP contribution in [0.4, 0.5) is 5.69 Å². The Hall–Kier alpha value is -2.11. The van der Waals surface area contributed by atoms with Gasteiger partial charge in [-0.2, -0.15) is 0 Å². The molecular weight excluding hydrogens is 338 g/mol. The van der Waals surface area contributed by atoms with Gasteiger partial charge in [0.15, 0.2) is 0 Å². The minimum absolute atomic E-state index is 0.467. The Labute approximate surface area is 147 Å². The van der Waals surface area contributed by atoms with E-state index >= 15 is 0 Å². The quantitative estimate of drug-likeness (QED) is 0.679. The van der Waals surface area contributed by atoms with Crippen LogP contribution < -0.4 is 4.72 Å². The van der Waals surface area contributed by atoms with E-state index in [0.717, 1.165) is 21.6 Å². The van der Waals surface area contributed by atoms with Crippen molar-refractivity contribution in [3.63, 3.8) is 0 Å². The van der Waals surface area contributed by atoms with Crippen molar-refractivity contribution in [2.24, 2.45) is 0 Å². The third-order valence-electron chi connectivity index (χ3n) is 3.79. The average molecular weight is 358 g/mol. The van der Waals surface area contributed by atoms with Crippen LogP contribution in [0.5, 0.6) is 0 Å². The van der Waals surface area contributed by atoms with E-state index in [9.17, 15) is 8.42 Å². The zero-order valence-corrected chi connectivity index (χ0v) is 15.2. The summed E-state index contributed by atoms with van der Waals surface area (Å²) in [6.07, 6.45) is 0. The van der Waals surface area contributed by atoms with Crippen LogP contribution >= 0.6 is 11.3 Å². The Bertz CT molecular complexity index is 912. The molecule has 1 heterocycles. The lowest BCUT2D eigenvalue weighted by atomic mass is 10.0. The van der Waals surface area contributed by atoms with E-state index in [2.05, 4.69) is 29.0 Å². The highest BCUT2D eigenvalue weighted by atomic mass is 32.2. The van der Waals surface area contributed by atoms with E-state index in [4.69, 9.17) is 0 Å². The Morgan fingerprint density at radius 3 is 2.04 bits per heavy atom. The Kier molecular flexibility index (Phi) is 4.73. The van der Waals surface area contributed by atoms with Gasteiger partial charge < -0.3 is 0 Å². The van der Waals surface area contributed by atoms with Gasteiger partial charge in [0.25, 0.3) is 0 Å². The summed E-state index contributed by atoms with van der Waals surface area (Å²) in [7, 11) is -3.35. The monoisotopic (exact) mass is 357 g/mol. The molecule has 1 aromatic heterocycles. The first-order valence-electron chi connectivity index (χ1n) is 7.72. The minimum Gasteiger partial charge on any atom is -0.282 e. The zero-order chi connectivity index (χ0) is 17.2. The van der Waals surface area contributed by atoms with Gasteiger partial charge in [0, 0.05) is 0 Å². The highest BCUT2D eigenvalue weighted by Crippen LogP contribution is 2.35.